The molecule has 0 aliphatic carbocycles. The van der Waals surface area contributed by atoms with Gasteiger partial charge in [0.1, 0.15) is 5.58 Å². The number of aromatic nitrogens is 8. The summed E-state index contributed by atoms with van der Waals surface area (Å²) in [6, 6.07) is 82.7. The van der Waals surface area contributed by atoms with Crippen molar-refractivity contribution in [2.75, 3.05) is 0 Å². The van der Waals surface area contributed by atoms with Crippen molar-refractivity contribution in [2.45, 2.75) is 40.5 Å². The first kappa shape index (κ1) is 58.9. The molecule has 8 aromatic carbocycles. The minimum absolute atomic E-state index is 0. The summed E-state index contributed by atoms with van der Waals surface area (Å²) in [7, 11) is 0. The third-order valence-corrected chi connectivity index (χ3v) is 16.8. The van der Waals surface area contributed by atoms with Gasteiger partial charge >= 0.3 is 42.1 Å². The molecule has 0 fully saturated rings. The van der Waals surface area contributed by atoms with Crippen LogP contribution in [0, 0.1) is 36.1 Å². The van der Waals surface area contributed by atoms with E-state index in [2.05, 4.69) is 221 Å². The number of benzene rings is 8. The van der Waals surface area contributed by atoms with Crippen LogP contribution in [-0.2, 0) is 55.0 Å². The van der Waals surface area contributed by atoms with Crippen molar-refractivity contribution >= 4 is 98.4 Å². The molecule has 11 heteroatoms. The van der Waals surface area contributed by atoms with E-state index in [1.165, 1.54) is 27.3 Å². The molecule has 0 spiro atoms. The van der Waals surface area contributed by atoms with Gasteiger partial charge in [-0.25, -0.2) is 0 Å². The Balaban J connectivity index is 0.000000155. The molecule has 9 heterocycles. The number of pyridine rings is 6. The topological polar surface area (TPSA) is 100 Å². The Morgan fingerprint density at radius 3 is 1.43 bits per heavy atom. The summed E-state index contributed by atoms with van der Waals surface area (Å²) in [6.07, 6.45) is 13.0. The molecule has 91 heavy (non-hydrogen) atoms. The quantitative estimate of drug-likeness (QED) is 0.126. The number of furan rings is 1. The third-order valence-electron chi connectivity index (χ3n) is 16.8. The van der Waals surface area contributed by atoms with Crippen LogP contribution in [0.3, 0.4) is 0 Å². The number of rotatable bonds is 10. The summed E-state index contributed by atoms with van der Waals surface area (Å²) in [6.45, 7) is 9.03. The van der Waals surface area contributed by atoms with Crippen molar-refractivity contribution in [3.63, 3.8) is 0 Å². The molecule has 0 atom stereocenters. The van der Waals surface area contributed by atoms with Gasteiger partial charge < -0.3 is 23.5 Å². The largest absolute Gasteiger partial charge is 2.00 e. The smallest absolute Gasteiger partial charge is 0.455 e. The molecule has 0 aliphatic heterocycles. The van der Waals surface area contributed by atoms with Gasteiger partial charge in [0, 0.05) is 52.8 Å². The fraction of sp³-hybridized carbons (Fsp3) is 0.100. The molecule has 17 aromatic rings. The van der Waals surface area contributed by atoms with E-state index in [0.29, 0.717) is 11.8 Å². The summed E-state index contributed by atoms with van der Waals surface area (Å²) in [4.78, 5) is 28.1. The summed E-state index contributed by atoms with van der Waals surface area (Å²) in [5.41, 5.74) is 21.5. The van der Waals surface area contributed by atoms with Crippen LogP contribution in [0.1, 0.15) is 38.8 Å². The van der Waals surface area contributed by atoms with E-state index in [4.69, 9.17) is 14.4 Å². The minimum atomic E-state index is 0. The maximum absolute atomic E-state index is 6.08. The van der Waals surface area contributed by atoms with Gasteiger partial charge in [0.25, 0.3) is 0 Å². The van der Waals surface area contributed by atoms with Crippen molar-refractivity contribution in [1.82, 2.24) is 39.0 Å². The molecule has 0 saturated carbocycles. The van der Waals surface area contributed by atoms with Crippen LogP contribution in [0.5, 0.6) is 0 Å². The van der Waals surface area contributed by atoms with Gasteiger partial charge in [-0.3, -0.25) is 19.9 Å². The first-order valence-electron chi connectivity index (χ1n) is 30.3. The first-order chi connectivity index (χ1) is 43.7. The van der Waals surface area contributed by atoms with E-state index < -0.39 is 0 Å². The van der Waals surface area contributed by atoms with E-state index >= 15 is 0 Å². The third kappa shape index (κ3) is 10.9. The van der Waals surface area contributed by atoms with Gasteiger partial charge in [-0.05, 0) is 122 Å². The fourth-order valence-electron chi connectivity index (χ4n) is 12.9. The van der Waals surface area contributed by atoms with Gasteiger partial charge in [-0.1, -0.05) is 153 Å². The van der Waals surface area contributed by atoms with Crippen LogP contribution in [-0.4, -0.2) is 39.0 Å². The second kappa shape index (κ2) is 24.5. The SMILES string of the molecule is CC(C)Cc1cc(-c2cc3c(cn2)oc2ccccc23)[c-]c(-n2c3[c-]c(-c4ccnc5cccnc45)ccc3c3ccccc32)c1.CC(C)Cc1cc(-c2cc3ccccc3cn2)[c-]c(-n2c3[c-]c(-c4ccnc5cccnc45)ccc3c3ccccc32)c1.[Pt+2].[Pt+2]. The van der Waals surface area contributed by atoms with Crippen molar-refractivity contribution in [2.24, 2.45) is 11.8 Å². The Hall–Kier alpha value is -9.78. The second-order valence-corrected chi connectivity index (χ2v) is 23.8. The van der Waals surface area contributed by atoms with E-state index in [1.807, 2.05) is 91.8 Å². The summed E-state index contributed by atoms with van der Waals surface area (Å²) in [5.74, 6) is 0.997. The number of nitrogens with zero attached hydrogens (tertiary/aromatic N) is 8. The molecule has 0 N–H and O–H groups in total. The van der Waals surface area contributed by atoms with Gasteiger partial charge in [-0.15, -0.1) is 106 Å². The maximum Gasteiger partial charge on any atom is 2.00 e. The monoisotopic (exact) mass is 1530 g/mol. The summed E-state index contributed by atoms with van der Waals surface area (Å²) < 4.78 is 10.7. The van der Waals surface area contributed by atoms with Crippen molar-refractivity contribution in [3.05, 3.63) is 267 Å². The zero-order valence-electron chi connectivity index (χ0n) is 50.1. The van der Waals surface area contributed by atoms with Crippen LogP contribution in [0.15, 0.2) is 236 Å². The molecule has 0 unspecified atom stereocenters. The molecule has 0 bridgehead atoms. The van der Waals surface area contributed by atoms with Crippen molar-refractivity contribution in [3.8, 4) is 56.1 Å². The van der Waals surface area contributed by atoms with Gasteiger partial charge in [0.2, 0.25) is 0 Å². The number of fused-ring (bicyclic) bond motifs is 12. The minimum Gasteiger partial charge on any atom is -0.455 e. The number of hydrogen-bond donors (Lipinski definition) is 0. The van der Waals surface area contributed by atoms with Crippen molar-refractivity contribution < 1.29 is 46.5 Å². The molecule has 0 aliphatic rings. The van der Waals surface area contributed by atoms with E-state index in [-0.39, 0.29) is 42.1 Å². The Morgan fingerprint density at radius 2 is 0.868 bits per heavy atom. The molecule has 17 rings (SSSR count). The maximum atomic E-state index is 6.08. The Kier molecular flexibility index (Phi) is 15.9. The molecule has 0 amide bonds. The zero-order chi connectivity index (χ0) is 59.7. The predicted molar refractivity (Wildman–Crippen MR) is 362 cm³/mol. The zero-order valence-corrected chi connectivity index (χ0v) is 54.7. The van der Waals surface area contributed by atoms with Gasteiger partial charge in [0.15, 0.2) is 5.58 Å². The van der Waals surface area contributed by atoms with Crippen LogP contribution < -0.4 is 0 Å². The van der Waals surface area contributed by atoms with Gasteiger partial charge in [0.05, 0.1) is 28.3 Å². The number of para-hydroxylation sites is 3. The Morgan fingerprint density at radius 1 is 0.374 bits per heavy atom. The normalized spacial score (nSPS) is 11.6. The van der Waals surface area contributed by atoms with Gasteiger partial charge in [-0.2, -0.15) is 0 Å². The molecule has 9 aromatic heterocycles. The Bertz CT molecular complexity index is 5620. The molecular formula is C80H56N8OPt2. The van der Waals surface area contributed by atoms with E-state index in [1.54, 1.807) is 0 Å². The van der Waals surface area contributed by atoms with Crippen LogP contribution in [0.25, 0.3) is 155 Å². The predicted octanol–water partition coefficient (Wildman–Crippen LogP) is 19.6. The second-order valence-electron chi connectivity index (χ2n) is 23.8. The molecule has 0 radical (unpaired) electrons. The van der Waals surface area contributed by atoms with E-state index in [0.717, 1.165) is 151 Å². The van der Waals surface area contributed by atoms with Crippen LogP contribution in [0.4, 0.5) is 0 Å². The van der Waals surface area contributed by atoms with E-state index in [9.17, 15) is 0 Å². The average molecular weight is 1540 g/mol. The Labute approximate surface area is 555 Å². The van der Waals surface area contributed by atoms with Crippen molar-refractivity contribution in [1.29, 1.82) is 0 Å². The summed E-state index contributed by atoms with van der Waals surface area (Å²) in [5, 5.41) is 9.09. The first-order valence-corrected chi connectivity index (χ1v) is 30.3. The molecular weight excluding hydrogens is 1480 g/mol. The van der Waals surface area contributed by atoms with Crippen LogP contribution in [0.2, 0.25) is 0 Å². The standard InChI is InChI=1S/C41H28N4O.C39H28N4.2Pt/c1-25(2)18-26-19-28(36-23-34-33-9-4-6-12-39(33)46-40(34)24-44-36)21-29(20-26)45-37-11-5-3-8-31(37)32-14-13-27(22-38(32)45)30-15-17-42-35-10-7-16-43-41(30)35;1-25(2)18-26-19-30(36-22-27-8-3-4-9-29(27)24-42-36)21-31(20-26)43-37-12-6-5-10-33(37)34-14-13-28(23-38(34)43)32-15-17-40-35-11-7-16-41-39(32)35;;/h3-17,19-20,23-25H,18H2,1-2H3;3-17,19-20,22,24-25H,18H2,1-2H3;;/q2*-2;2*+2. The fourth-order valence-corrected chi connectivity index (χ4v) is 12.9. The molecule has 442 valence electrons. The molecule has 0 saturated heterocycles. The van der Waals surface area contributed by atoms with Crippen LogP contribution >= 0.6 is 0 Å². The molecule has 9 nitrogen and oxygen atoms in total. The number of hydrogen-bond acceptors (Lipinski definition) is 7. The summed E-state index contributed by atoms with van der Waals surface area (Å²) >= 11 is 0. The average Bonchev–Trinajstić information content (AvgIpc) is 1.67.